The molecule has 5 nitrogen and oxygen atoms in total. The van der Waals surface area contributed by atoms with Gasteiger partial charge in [-0.2, -0.15) is 0 Å². The number of anilines is 1. The first-order valence-electron chi connectivity index (χ1n) is 16.1. The molecule has 2 N–H and O–H groups in total. The van der Waals surface area contributed by atoms with Crippen LogP contribution in [0.5, 0.6) is 0 Å². The fourth-order valence-corrected chi connectivity index (χ4v) is 7.79. The van der Waals surface area contributed by atoms with E-state index >= 15 is 4.39 Å². The Balaban J connectivity index is 1.26. The molecule has 2 saturated carbocycles. The van der Waals surface area contributed by atoms with Crippen LogP contribution in [0.3, 0.4) is 0 Å². The van der Waals surface area contributed by atoms with Crippen LogP contribution in [0, 0.1) is 24.6 Å². The van der Waals surface area contributed by atoms with Crippen molar-refractivity contribution in [3.05, 3.63) is 88.9 Å². The lowest BCUT2D eigenvalue weighted by Gasteiger charge is -2.44. The number of carbonyl (C=O) groups excluding carboxylic acids is 2. The Bertz CT molecular complexity index is 1330. The third kappa shape index (κ3) is 6.18. The van der Waals surface area contributed by atoms with Crippen LogP contribution in [0.2, 0.25) is 0 Å². The van der Waals surface area contributed by atoms with Crippen LogP contribution in [0.15, 0.2) is 66.4 Å². The van der Waals surface area contributed by atoms with Gasteiger partial charge < -0.3 is 15.5 Å². The number of allylic oxidation sites excluding steroid dienone is 2. The van der Waals surface area contributed by atoms with Crippen LogP contribution < -0.4 is 10.6 Å². The third-order valence-electron chi connectivity index (χ3n) is 10.00. The Morgan fingerprint density at radius 2 is 1.69 bits per heavy atom. The van der Waals surface area contributed by atoms with Crippen molar-refractivity contribution in [2.75, 3.05) is 11.9 Å². The maximum atomic E-state index is 15.0. The highest BCUT2D eigenvalue weighted by Gasteiger charge is 2.43. The zero-order valence-corrected chi connectivity index (χ0v) is 24.8. The van der Waals surface area contributed by atoms with E-state index < -0.39 is 11.7 Å². The summed E-state index contributed by atoms with van der Waals surface area (Å²) in [6, 6.07) is 13.2. The smallest absolute Gasteiger partial charge is 0.257 e. The molecule has 2 aromatic rings. The number of carbonyl (C=O) groups is 2. The second-order valence-corrected chi connectivity index (χ2v) is 12.8. The number of benzene rings is 2. The summed E-state index contributed by atoms with van der Waals surface area (Å²) in [6.07, 6.45) is 18.5. The summed E-state index contributed by atoms with van der Waals surface area (Å²) in [7, 11) is 0. The van der Waals surface area contributed by atoms with Crippen molar-refractivity contribution in [1.29, 1.82) is 0 Å². The number of hydrogen-bond donors (Lipinski definition) is 2. The average Bonchev–Trinajstić information content (AvgIpc) is 3.72. The number of amides is 2. The Morgan fingerprint density at radius 1 is 0.929 bits per heavy atom. The molecule has 4 aliphatic rings. The van der Waals surface area contributed by atoms with Crippen LogP contribution in [0.4, 0.5) is 10.1 Å². The van der Waals surface area contributed by atoms with E-state index in [2.05, 4.69) is 41.0 Å². The number of halogens is 1. The maximum Gasteiger partial charge on any atom is 0.257 e. The SMILES string of the molecule is Cc1cccc(F)c1C(=O)N1CCC[C@H](C(=O)Nc2cccc(C3CCCC3)c2)[C@@H]1C1C=CC(NC2CCCC2)=CC1. The molecule has 0 aromatic heterocycles. The second kappa shape index (κ2) is 12.8. The minimum atomic E-state index is -0.504. The van der Waals surface area contributed by atoms with E-state index in [-0.39, 0.29) is 29.3 Å². The average molecular weight is 570 g/mol. The van der Waals surface area contributed by atoms with Gasteiger partial charge in [0, 0.05) is 29.9 Å². The normalized spacial score (nSPS) is 25.0. The highest BCUT2D eigenvalue weighted by molar-refractivity contribution is 5.98. The van der Waals surface area contributed by atoms with Gasteiger partial charge in [-0.05, 0) is 93.2 Å². The number of nitrogens with zero attached hydrogens (tertiary/aromatic N) is 1. The highest BCUT2D eigenvalue weighted by atomic mass is 19.1. The number of likely N-dealkylation sites (tertiary alicyclic amines) is 1. The lowest BCUT2D eigenvalue weighted by Crippen LogP contribution is -2.55. The Labute approximate surface area is 249 Å². The van der Waals surface area contributed by atoms with Crippen LogP contribution in [-0.4, -0.2) is 35.3 Å². The van der Waals surface area contributed by atoms with E-state index in [4.69, 9.17) is 0 Å². The van der Waals surface area contributed by atoms with Crippen molar-refractivity contribution in [3.63, 3.8) is 0 Å². The molecular weight excluding hydrogens is 525 g/mol. The Hall–Kier alpha value is -3.41. The minimum Gasteiger partial charge on any atom is -0.383 e. The molecule has 6 rings (SSSR count). The second-order valence-electron chi connectivity index (χ2n) is 12.8. The van der Waals surface area contributed by atoms with E-state index in [1.165, 1.54) is 63.0 Å². The van der Waals surface area contributed by atoms with E-state index in [0.717, 1.165) is 17.8 Å². The number of hydrogen-bond acceptors (Lipinski definition) is 3. The molecule has 1 aliphatic heterocycles. The van der Waals surface area contributed by atoms with Crippen molar-refractivity contribution in [3.8, 4) is 0 Å². The van der Waals surface area contributed by atoms with Gasteiger partial charge in [0.25, 0.3) is 5.91 Å². The summed E-state index contributed by atoms with van der Waals surface area (Å²) in [6.45, 7) is 2.29. The molecule has 222 valence electrons. The molecule has 42 heavy (non-hydrogen) atoms. The molecule has 0 spiro atoms. The summed E-state index contributed by atoms with van der Waals surface area (Å²) in [4.78, 5) is 29.8. The lowest BCUT2D eigenvalue weighted by molar-refractivity contribution is -0.123. The molecule has 2 amide bonds. The van der Waals surface area contributed by atoms with Gasteiger partial charge in [-0.3, -0.25) is 9.59 Å². The van der Waals surface area contributed by atoms with Crippen LogP contribution in [0.25, 0.3) is 0 Å². The van der Waals surface area contributed by atoms with Crippen molar-refractivity contribution in [1.82, 2.24) is 10.2 Å². The number of aryl methyl sites for hydroxylation is 1. The molecule has 1 unspecified atom stereocenters. The molecule has 3 aliphatic carbocycles. The monoisotopic (exact) mass is 569 g/mol. The van der Waals surface area contributed by atoms with E-state index in [1.807, 2.05) is 12.1 Å². The fraction of sp³-hybridized carbons (Fsp3) is 0.500. The molecule has 0 bridgehead atoms. The fourth-order valence-electron chi connectivity index (χ4n) is 7.79. The van der Waals surface area contributed by atoms with Gasteiger partial charge in [-0.25, -0.2) is 4.39 Å². The minimum absolute atomic E-state index is 0.0315. The van der Waals surface area contributed by atoms with Crippen molar-refractivity contribution in [2.45, 2.75) is 95.6 Å². The molecule has 6 heteroatoms. The van der Waals surface area contributed by atoms with Gasteiger partial charge in [0.05, 0.1) is 17.5 Å². The van der Waals surface area contributed by atoms with Gasteiger partial charge in [0.2, 0.25) is 5.91 Å². The molecule has 1 heterocycles. The van der Waals surface area contributed by atoms with Crippen molar-refractivity contribution < 1.29 is 14.0 Å². The van der Waals surface area contributed by atoms with Gasteiger partial charge >= 0.3 is 0 Å². The molecular formula is C36H44FN3O2. The summed E-state index contributed by atoms with van der Waals surface area (Å²) in [5.41, 5.74) is 3.98. The third-order valence-corrected chi connectivity index (χ3v) is 10.00. The van der Waals surface area contributed by atoms with Crippen molar-refractivity contribution >= 4 is 17.5 Å². The van der Waals surface area contributed by atoms with Gasteiger partial charge in [-0.1, -0.05) is 62.1 Å². The van der Waals surface area contributed by atoms with E-state index in [0.29, 0.717) is 36.9 Å². The highest BCUT2D eigenvalue weighted by Crippen LogP contribution is 2.38. The van der Waals surface area contributed by atoms with Gasteiger partial charge in [0.15, 0.2) is 0 Å². The zero-order valence-electron chi connectivity index (χ0n) is 24.8. The Morgan fingerprint density at radius 3 is 2.43 bits per heavy atom. The number of piperidine rings is 1. The van der Waals surface area contributed by atoms with Crippen LogP contribution >= 0.6 is 0 Å². The summed E-state index contributed by atoms with van der Waals surface area (Å²) in [5, 5.41) is 6.90. The van der Waals surface area contributed by atoms with Crippen molar-refractivity contribution in [2.24, 2.45) is 11.8 Å². The predicted octanol–water partition coefficient (Wildman–Crippen LogP) is 7.64. The predicted molar refractivity (Wildman–Crippen MR) is 166 cm³/mol. The largest absolute Gasteiger partial charge is 0.383 e. The van der Waals surface area contributed by atoms with Gasteiger partial charge in [-0.15, -0.1) is 0 Å². The van der Waals surface area contributed by atoms with Crippen LogP contribution in [-0.2, 0) is 4.79 Å². The molecule has 3 fully saturated rings. The quantitative estimate of drug-likeness (QED) is 0.360. The topological polar surface area (TPSA) is 61.4 Å². The van der Waals surface area contributed by atoms with E-state index in [1.54, 1.807) is 24.0 Å². The lowest BCUT2D eigenvalue weighted by atomic mass is 9.77. The summed E-state index contributed by atoms with van der Waals surface area (Å²) < 4.78 is 15.0. The standard InChI is InChI=1S/C36H44FN3O2/c1-24-9-6-17-32(37)33(24)36(42)40-22-8-16-31(34(40)26-18-20-29(21-19-26)38-28-13-4-5-14-28)35(41)39-30-15-7-12-27(23-30)25-10-2-3-11-25/h6-7,9,12,15,17-18,20-21,23,25-26,28,31,34,38H,2-5,8,10-11,13-14,16,19,22H2,1H3,(H,39,41)/t26?,31-,34-/m0/s1. The number of rotatable bonds is 7. The summed E-state index contributed by atoms with van der Waals surface area (Å²) in [5.74, 6) is -0.737. The molecule has 3 atom stereocenters. The van der Waals surface area contributed by atoms with E-state index in [9.17, 15) is 9.59 Å². The maximum absolute atomic E-state index is 15.0. The van der Waals surface area contributed by atoms with Gasteiger partial charge in [0.1, 0.15) is 5.82 Å². The Kier molecular flexibility index (Phi) is 8.78. The molecule has 1 saturated heterocycles. The zero-order chi connectivity index (χ0) is 29.1. The molecule has 2 aromatic carbocycles. The van der Waals surface area contributed by atoms with Crippen LogP contribution in [0.1, 0.15) is 98.0 Å². The summed E-state index contributed by atoms with van der Waals surface area (Å²) >= 11 is 0. The first-order chi connectivity index (χ1) is 20.5. The molecule has 0 radical (unpaired) electrons. The number of nitrogens with one attached hydrogen (secondary N) is 2. The first-order valence-corrected chi connectivity index (χ1v) is 16.1. The first kappa shape index (κ1) is 28.7.